The van der Waals surface area contributed by atoms with E-state index in [4.69, 9.17) is 0 Å². The highest BCUT2D eigenvalue weighted by atomic mass is 32.1. The maximum atomic E-state index is 2.54. The molecule has 0 saturated heterocycles. The summed E-state index contributed by atoms with van der Waals surface area (Å²) in [5.41, 5.74) is 16.5. The van der Waals surface area contributed by atoms with E-state index in [1.54, 1.807) is 0 Å². The molecule has 0 radical (unpaired) electrons. The first-order chi connectivity index (χ1) is 23.8. The maximum Gasteiger partial charge on any atom is 0.264 e. The van der Waals surface area contributed by atoms with E-state index in [9.17, 15) is 0 Å². The number of thiophene rings is 1. The molecule has 0 bridgehead atoms. The first-order valence-corrected chi connectivity index (χ1v) is 17.6. The maximum absolute atomic E-state index is 2.54. The minimum atomic E-state index is 0.142. The lowest BCUT2D eigenvalue weighted by molar-refractivity contribution is 1.01. The minimum absolute atomic E-state index is 0.142. The fourth-order valence-electron chi connectivity index (χ4n) is 7.98. The third-order valence-electron chi connectivity index (χ3n) is 10.1. The highest BCUT2D eigenvalue weighted by molar-refractivity contribution is 7.29. The van der Waals surface area contributed by atoms with Gasteiger partial charge >= 0.3 is 0 Å². The Kier molecular flexibility index (Phi) is 6.31. The Bertz CT molecular complexity index is 2360. The van der Waals surface area contributed by atoms with Crippen molar-refractivity contribution >= 4 is 74.0 Å². The third-order valence-corrected chi connectivity index (χ3v) is 11.4. The summed E-state index contributed by atoms with van der Waals surface area (Å²) in [6.45, 7) is 0.142. The number of anilines is 6. The van der Waals surface area contributed by atoms with Crippen LogP contribution in [0, 0.1) is 0 Å². The van der Waals surface area contributed by atoms with E-state index < -0.39 is 0 Å². The molecule has 2 aliphatic heterocycles. The molecule has 0 spiro atoms. The van der Waals surface area contributed by atoms with Crippen molar-refractivity contribution in [2.24, 2.45) is 0 Å². The highest BCUT2D eigenvalue weighted by Crippen LogP contribution is 2.48. The molecule has 0 fully saturated rings. The van der Waals surface area contributed by atoms with Crippen LogP contribution in [-0.2, 0) is 6.42 Å². The Morgan fingerprint density at radius 2 is 1.15 bits per heavy atom. The predicted molar refractivity (Wildman–Crippen MR) is 207 cm³/mol. The van der Waals surface area contributed by atoms with E-state index in [0.717, 1.165) is 12.8 Å². The van der Waals surface area contributed by atoms with E-state index in [0.29, 0.717) is 0 Å². The second-order valence-corrected chi connectivity index (χ2v) is 13.9. The molecule has 10 rings (SSSR count). The SMILES string of the molecule is C1=Cc2c(sc3c2N(c2ccccc2)c2cccc4c2B3c2ccc(-c3ccccc3)cc2N4c2cccc(-c3ccccc3)c2)CC1. The Morgan fingerprint density at radius 1 is 0.521 bits per heavy atom. The summed E-state index contributed by atoms with van der Waals surface area (Å²) in [7, 11) is 0. The topological polar surface area (TPSA) is 6.48 Å². The monoisotopic (exact) mass is 630 g/mol. The molecule has 6 aromatic carbocycles. The average Bonchev–Trinajstić information content (AvgIpc) is 3.55. The van der Waals surface area contributed by atoms with E-state index in [1.807, 2.05) is 11.3 Å². The van der Waals surface area contributed by atoms with Crippen molar-refractivity contribution in [2.75, 3.05) is 9.80 Å². The van der Waals surface area contributed by atoms with Crippen LogP contribution in [0.4, 0.5) is 34.1 Å². The number of benzene rings is 6. The van der Waals surface area contributed by atoms with E-state index in [1.165, 1.54) is 82.5 Å². The van der Waals surface area contributed by atoms with Crippen LogP contribution in [0.25, 0.3) is 28.3 Å². The summed E-state index contributed by atoms with van der Waals surface area (Å²) in [6, 6.07) is 55.6. The van der Waals surface area contributed by atoms with Crippen molar-refractivity contribution < 1.29 is 0 Å². The van der Waals surface area contributed by atoms with E-state index in [-0.39, 0.29) is 6.71 Å². The molecule has 1 aromatic heterocycles. The molecular formula is C44H31BN2S. The average molecular weight is 631 g/mol. The van der Waals surface area contributed by atoms with Crippen LogP contribution in [-0.4, -0.2) is 6.71 Å². The van der Waals surface area contributed by atoms with Crippen LogP contribution < -0.4 is 25.5 Å². The summed E-state index contributed by atoms with van der Waals surface area (Å²) in [6.07, 6.45) is 6.93. The van der Waals surface area contributed by atoms with Crippen LogP contribution in [0.3, 0.4) is 0 Å². The smallest absolute Gasteiger partial charge is 0.264 e. The normalized spacial score (nSPS) is 13.9. The number of hydrogen-bond donors (Lipinski definition) is 0. The van der Waals surface area contributed by atoms with Crippen molar-refractivity contribution in [1.82, 2.24) is 0 Å². The second-order valence-electron chi connectivity index (χ2n) is 12.8. The number of nitrogens with zero attached hydrogens (tertiary/aromatic N) is 2. The van der Waals surface area contributed by atoms with Gasteiger partial charge in [-0.3, -0.25) is 0 Å². The van der Waals surface area contributed by atoms with E-state index in [2.05, 4.69) is 174 Å². The quantitative estimate of drug-likeness (QED) is 0.179. The lowest BCUT2D eigenvalue weighted by atomic mass is 9.36. The zero-order valence-electron chi connectivity index (χ0n) is 26.4. The zero-order valence-corrected chi connectivity index (χ0v) is 27.2. The zero-order chi connectivity index (χ0) is 31.6. The van der Waals surface area contributed by atoms with Crippen molar-refractivity contribution in [3.63, 3.8) is 0 Å². The van der Waals surface area contributed by atoms with Gasteiger partial charge in [0.25, 0.3) is 6.71 Å². The lowest BCUT2D eigenvalue weighted by Crippen LogP contribution is -2.60. The van der Waals surface area contributed by atoms with Gasteiger partial charge in [0.15, 0.2) is 0 Å². The highest BCUT2D eigenvalue weighted by Gasteiger charge is 2.45. The van der Waals surface area contributed by atoms with Gasteiger partial charge in [0.1, 0.15) is 0 Å². The molecule has 3 heterocycles. The summed E-state index contributed by atoms with van der Waals surface area (Å²) < 4.78 is 1.45. The van der Waals surface area contributed by atoms with Crippen molar-refractivity contribution in [1.29, 1.82) is 0 Å². The van der Waals surface area contributed by atoms with Crippen molar-refractivity contribution in [3.8, 4) is 22.3 Å². The van der Waals surface area contributed by atoms with Gasteiger partial charge in [-0.1, -0.05) is 121 Å². The molecule has 0 atom stereocenters. The van der Waals surface area contributed by atoms with Gasteiger partial charge in [-0.25, -0.2) is 0 Å². The number of fused-ring (bicyclic) bond motifs is 6. The standard InChI is InChI=1S/C44H31BN2S/c1-4-14-30(15-5-1)32-18-12-21-35(28-32)46-38-23-13-24-39-42(38)45(37-27-26-33(29-40(37)46)31-16-6-2-7-17-31)44-43(36-22-10-11-25-41(36)48-44)47(39)34-19-8-3-9-20-34/h1-10,12-24,26-29H,11,25H2. The summed E-state index contributed by atoms with van der Waals surface area (Å²) in [4.78, 5) is 6.56. The lowest BCUT2D eigenvalue weighted by Gasteiger charge is -2.43. The van der Waals surface area contributed by atoms with Crippen LogP contribution in [0.5, 0.6) is 0 Å². The molecule has 0 saturated carbocycles. The van der Waals surface area contributed by atoms with Crippen molar-refractivity contribution in [3.05, 3.63) is 168 Å². The van der Waals surface area contributed by atoms with Crippen LogP contribution in [0.15, 0.2) is 158 Å². The second kappa shape index (κ2) is 11.0. The summed E-state index contributed by atoms with van der Waals surface area (Å²) in [5.74, 6) is 0. The molecule has 0 N–H and O–H groups in total. The molecule has 1 aliphatic carbocycles. The number of allylic oxidation sites excluding steroid dienone is 1. The van der Waals surface area contributed by atoms with Crippen LogP contribution in [0.1, 0.15) is 16.9 Å². The molecule has 3 aliphatic rings. The van der Waals surface area contributed by atoms with Gasteiger partial charge in [0.2, 0.25) is 0 Å². The Morgan fingerprint density at radius 3 is 1.90 bits per heavy atom. The molecule has 0 amide bonds. The molecule has 2 nitrogen and oxygen atoms in total. The van der Waals surface area contributed by atoms with E-state index >= 15 is 0 Å². The van der Waals surface area contributed by atoms with Crippen LogP contribution in [0.2, 0.25) is 0 Å². The summed E-state index contributed by atoms with van der Waals surface area (Å²) >= 11 is 2.02. The predicted octanol–water partition coefficient (Wildman–Crippen LogP) is 10.1. The van der Waals surface area contributed by atoms with Crippen LogP contribution >= 0.6 is 11.3 Å². The van der Waals surface area contributed by atoms with Gasteiger partial charge in [-0.2, -0.15) is 11.3 Å². The first kappa shape index (κ1) is 27.5. The fourth-order valence-corrected chi connectivity index (χ4v) is 9.40. The number of rotatable bonds is 4. The molecule has 7 aromatic rings. The Labute approximate surface area is 286 Å². The van der Waals surface area contributed by atoms with Gasteiger partial charge in [0.05, 0.1) is 5.69 Å². The van der Waals surface area contributed by atoms with Gasteiger partial charge in [0, 0.05) is 43.7 Å². The minimum Gasteiger partial charge on any atom is -0.311 e. The van der Waals surface area contributed by atoms with Gasteiger partial charge in [-0.15, -0.1) is 0 Å². The molecule has 0 unspecified atom stereocenters. The molecule has 226 valence electrons. The summed E-state index contributed by atoms with van der Waals surface area (Å²) in [5, 5.41) is 0. The third kappa shape index (κ3) is 4.19. The largest absolute Gasteiger partial charge is 0.311 e. The molecular weight excluding hydrogens is 599 g/mol. The van der Waals surface area contributed by atoms with Gasteiger partial charge < -0.3 is 9.80 Å². The number of aryl methyl sites for hydroxylation is 1. The first-order valence-electron chi connectivity index (χ1n) is 16.8. The molecule has 48 heavy (non-hydrogen) atoms. The number of hydrogen-bond acceptors (Lipinski definition) is 3. The molecule has 4 heteroatoms. The fraction of sp³-hybridized carbons (Fsp3) is 0.0455. The number of para-hydroxylation sites is 1. The Hall–Kier alpha value is -5.58. The van der Waals surface area contributed by atoms with Gasteiger partial charge in [-0.05, 0) is 88.5 Å². The van der Waals surface area contributed by atoms with Crippen molar-refractivity contribution in [2.45, 2.75) is 12.8 Å². The Balaban J connectivity index is 1.27.